The number of rotatable bonds is 3. The maximum Gasteiger partial charge on any atom is 0.349 e. The summed E-state index contributed by atoms with van der Waals surface area (Å²) in [5.74, 6) is 0.558. The molecule has 0 unspecified atom stereocenters. The van der Waals surface area contributed by atoms with Crippen molar-refractivity contribution in [2.24, 2.45) is 7.05 Å². The summed E-state index contributed by atoms with van der Waals surface area (Å²) < 4.78 is 6.89. The van der Waals surface area contributed by atoms with E-state index in [1.54, 1.807) is 24.9 Å². The van der Waals surface area contributed by atoms with Gasteiger partial charge in [0.1, 0.15) is 11.3 Å². The maximum absolute atomic E-state index is 12.2. The van der Waals surface area contributed by atoms with E-state index in [2.05, 4.69) is 10.4 Å². The molecule has 2 heterocycles. The van der Waals surface area contributed by atoms with Gasteiger partial charge in [0.05, 0.1) is 11.9 Å². The maximum atomic E-state index is 12.2. The molecule has 6 heteroatoms. The highest BCUT2D eigenvalue weighted by Gasteiger charge is 2.25. The molecule has 2 aromatic rings. The van der Waals surface area contributed by atoms with Crippen LogP contribution in [0.15, 0.2) is 27.7 Å². The first kappa shape index (κ1) is 13.6. The Labute approximate surface area is 121 Å². The Bertz CT molecular complexity index is 741. The summed E-state index contributed by atoms with van der Waals surface area (Å²) in [5.41, 5.74) is 0.680. The van der Waals surface area contributed by atoms with Gasteiger partial charge in [-0.25, -0.2) is 4.79 Å². The second kappa shape index (κ2) is 5.20. The third kappa shape index (κ3) is 2.61. The lowest BCUT2D eigenvalue weighted by molar-refractivity contribution is 0.102. The largest absolute Gasteiger partial charge is 0.427 e. The first-order valence-corrected chi connectivity index (χ1v) is 6.99. The highest BCUT2D eigenvalue weighted by atomic mass is 16.4. The van der Waals surface area contributed by atoms with E-state index in [0.29, 0.717) is 22.9 Å². The number of amides is 1. The second-order valence-electron chi connectivity index (χ2n) is 5.48. The van der Waals surface area contributed by atoms with Gasteiger partial charge >= 0.3 is 5.63 Å². The van der Waals surface area contributed by atoms with Crippen molar-refractivity contribution in [3.63, 3.8) is 0 Å². The topological polar surface area (TPSA) is 77.1 Å². The highest BCUT2D eigenvalue weighted by molar-refractivity contribution is 6.04. The molecule has 1 aliphatic rings. The van der Waals surface area contributed by atoms with Gasteiger partial charge in [0.2, 0.25) is 0 Å². The molecule has 0 saturated heterocycles. The molecule has 110 valence electrons. The van der Waals surface area contributed by atoms with Crippen molar-refractivity contribution >= 4 is 11.6 Å². The van der Waals surface area contributed by atoms with Crippen molar-refractivity contribution < 1.29 is 9.21 Å². The summed E-state index contributed by atoms with van der Waals surface area (Å²) in [4.78, 5) is 24.3. The molecule has 0 aromatic carbocycles. The standard InChI is InChI=1S/C15H17N3O3/c1-9-6-12(10-4-3-5-10)21-15(20)13(9)14(19)17-11-7-16-18(2)8-11/h6-8,10H,3-5H2,1-2H3,(H,17,19). The Morgan fingerprint density at radius 3 is 2.76 bits per heavy atom. The van der Waals surface area contributed by atoms with E-state index in [1.165, 1.54) is 6.20 Å². The molecule has 1 fully saturated rings. The van der Waals surface area contributed by atoms with Gasteiger partial charge in [0.15, 0.2) is 0 Å². The van der Waals surface area contributed by atoms with Crippen LogP contribution in [-0.2, 0) is 7.05 Å². The minimum Gasteiger partial charge on any atom is -0.427 e. The molecule has 0 radical (unpaired) electrons. The summed E-state index contributed by atoms with van der Waals surface area (Å²) in [7, 11) is 1.75. The van der Waals surface area contributed by atoms with Crippen molar-refractivity contribution in [2.45, 2.75) is 32.1 Å². The van der Waals surface area contributed by atoms with E-state index in [1.807, 2.05) is 6.07 Å². The molecule has 3 rings (SSSR count). The molecule has 0 atom stereocenters. The number of nitrogens with zero attached hydrogens (tertiary/aromatic N) is 2. The predicted octanol–water partition coefficient (Wildman–Crippen LogP) is 2.20. The monoisotopic (exact) mass is 287 g/mol. The second-order valence-corrected chi connectivity index (χ2v) is 5.48. The van der Waals surface area contributed by atoms with E-state index in [4.69, 9.17) is 4.42 Å². The van der Waals surface area contributed by atoms with Crippen LogP contribution >= 0.6 is 0 Å². The first-order valence-electron chi connectivity index (χ1n) is 6.99. The molecule has 0 spiro atoms. The van der Waals surface area contributed by atoms with Crippen molar-refractivity contribution in [1.29, 1.82) is 0 Å². The first-order chi connectivity index (χ1) is 10.0. The van der Waals surface area contributed by atoms with Crippen LogP contribution in [0.4, 0.5) is 5.69 Å². The molecule has 2 aromatic heterocycles. The lowest BCUT2D eigenvalue weighted by Gasteiger charge is -2.24. The normalized spacial score (nSPS) is 14.8. The van der Waals surface area contributed by atoms with Crippen molar-refractivity contribution in [1.82, 2.24) is 9.78 Å². The van der Waals surface area contributed by atoms with E-state index in [0.717, 1.165) is 19.3 Å². The van der Waals surface area contributed by atoms with Crippen molar-refractivity contribution in [3.05, 3.63) is 45.8 Å². The van der Waals surface area contributed by atoms with E-state index in [-0.39, 0.29) is 5.56 Å². The van der Waals surface area contributed by atoms with Crippen LogP contribution in [0.1, 0.15) is 46.9 Å². The Kier molecular flexibility index (Phi) is 3.37. The Hall–Kier alpha value is -2.37. The van der Waals surface area contributed by atoms with Gasteiger partial charge in [-0.3, -0.25) is 9.48 Å². The molecule has 1 aliphatic carbocycles. The number of carbonyl (C=O) groups excluding carboxylic acids is 1. The van der Waals surface area contributed by atoms with Crippen LogP contribution in [0.5, 0.6) is 0 Å². The summed E-state index contributed by atoms with van der Waals surface area (Å²) >= 11 is 0. The minimum absolute atomic E-state index is 0.0573. The number of nitrogens with one attached hydrogen (secondary N) is 1. The fraction of sp³-hybridized carbons (Fsp3) is 0.400. The fourth-order valence-electron chi connectivity index (χ4n) is 2.48. The SMILES string of the molecule is Cc1cc(C2CCC2)oc(=O)c1C(=O)Nc1cnn(C)c1. The van der Waals surface area contributed by atoms with Gasteiger partial charge in [-0.05, 0) is 31.4 Å². The molecule has 21 heavy (non-hydrogen) atoms. The van der Waals surface area contributed by atoms with Crippen LogP contribution in [0.2, 0.25) is 0 Å². The smallest absolute Gasteiger partial charge is 0.349 e. The van der Waals surface area contributed by atoms with E-state index < -0.39 is 11.5 Å². The zero-order chi connectivity index (χ0) is 15.0. The van der Waals surface area contributed by atoms with Crippen LogP contribution in [0, 0.1) is 6.92 Å². The Morgan fingerprint density at radius 1 is 1.48 bits per heavy atom. The fourth-order valence-corrected chi connectivity index (χ4v) is 2.48. The lowest BCUT2D eigenvalue weighted by Crippen LogP contribution is -2.24. The third-order valence-electron chi connectivity index (χ3n) is 3.87. The molecule has 1 amide bonds. The molecule has 0 aliphatic heterocycles. The van der Waals surface area contributed by atoms with Gasteiger partial charge in [-0.1, -0.05) is 6.42 Å². The van der Waals surface area contributed by atoms with Crippen LogP contribution < -0.4 is 10.9 Å². The quantitative estimate of drug-likeness (QED) is 0.938. The van der Waals surface area contributed by atoms with Crippen LogP contribution in [-0.4, -0.2) is 15.7 Å². The zero-order valence-corrected chi connectivity index (χ0v) is 12.0. The van der Waals surface area contributed by atoms with Crippen LogP contribution in [0.3, 0.4) is 0 Å². The average Bonchev–Trinajstić information content (AvgIpc) is 2.71. The average molecular weight is 287 g/mol. The van der Waals surface area contributed by atoms with Crippen molar-refractivity contribution in [3.8, 4) is 0 Å². The summed E-state index contributed by atoms with van der Waals surface area (Å²) in [6.45, 7) is 1.76. The molecule has 1 N–H and O–H groups in total. The lowest BCUT2D eigenvalue weighted by atomic mass is 9.83. The number of hydrogen-bond acceptors (Lipinski definition) is 4. The Morgan fingerprint density at radius 2 is 2.24 bits per heavy atom. The summed E-state index contributed by atoms with van der Waals surface area (Å²) in [6, 6.07) is 1.81. The predicted molar refractivity (Wildman–Crippen MR) is 77.5 cm³/mol. The summed E-state index contributed by atoms with van der Waals surface area (Å²) in [5, 5.41) is 6.62. The third-order valence-corrected chi connectivity index (χ3v) is 3.87. The van der Waals surface area contributed by atoms with Gasteiger partial charge in [0, 0.05) is 19.2 Å². The Balaban J connectivity index is 1.87. The molecular weight excluding hydrogens is 270 g/mol. The van der Waals surface area contributed by atoms with Crippen molar-refractivity contribution in [2.75, 3.05) is 5.32 Å². The summed E-state index contributed by atoms with van der Waals surface area (Å²) in [6.07, 6.45) is 6.44. The number of carbonyl (C=O) groups is 1. The van der Waals surface area contributed by atoms with Gasteiger partial charge in [0.25, 0.3) is 5.91 Å². The molecule has 0 bridgehead atoms. The highest BCUT2D eigenvalue weighted by Crippen LogP contribution is 2.36. The number of hydrogen-bond donors (Lipinski definition) is 1. The minimum atomic E-state index is -0.571. The van der Waals surface area contributed by atoms with Gasteiger partial charge < -0.3 is 9.73 Å². The molecule has 6 nitrogen and oxygen atoms in total. The number of aryl methyl sites for hydroxylation is 2. The van der Waals surface area contributed by atoms with E-state index >= 15 is 0 Å². The molecular formula is C15H17N3O3. The molecule has 1 saturated carbocycles. The number of anilines is 1. The van der Waals surface area contributed by atoms with Gasteiger partial charge in [-0.2, -0.15) is 5.10 Å². The van der Waals surface area contributed by atoms with Gasteiger partial charge in [-0.15, -0.1) is 0 Å². The number of aromatic nitrogens is 2. The van der Waals surface area contributed by atoms with E-state index in [9.17, 15) is 9.59 Å². The van der Waals surface area contributed by atoms with Crippen LogP contribution in [0.25, 0.3) is 0 Å². The zero-order valence-electron chi connectivity index (χ0n) is 12.0.